The van der Waals surface area contributed by atoms with Gasteiger partial charge in [0.15, 0.2) is 5.79 Å². The molecule has 2 saturated heterocycles. The molecule has 2 aliphatic heterocycles. The van der Waals surface area contributed by atoms with Gasteiger partial charge in [0.05, 0.1) is 6.61 Å². The summed E-state index contributed by atoms with van der Waals surface area (Å²) in [6, 6.07) is 0. The second kappa shape index (κ2) is 2.65. The molecular weight excluding hydrogens is 176 g/mol. The molecular formula is C8H14O5. The van der Waals surface area contributed by atoms with Crippen LogP contribution in [0.2, 0.25) is 0 Å². The molecule has 0 aliphatic carbocycles. The van der Waals surface area contributed by atoms with Gasteiger partial charge < -0.3 is 24.4 Å². The van der Waals surface area contributed by atoms with Crippen molar-refractivity contribution in [2.24, 2.45) is 0 Å². The van der Waals surface area contributed by atoms with Crippen molar-refractivity contribution in [3.63, 3.8) is 0 Å². The van der Waals surface area contributed by atoms with Crippen LogP contribution in [0.5, 0.6) is 0 Å². The first-order valence-electron chi connectivity index (χ1n) is 4.30. The van der Waals surface area contributed by atoms with Gasteiger partial charge in [-0.25, -0.2) is 0 Å². The second-order valence-electron chi connectivity index (χ2n) is 3.89. The number of hydrogen-bond acceptors (Lipinski definition) is 5. The van der Waals surface area contributed by atoms with E-state index in [1.54, 1.807) is 13.8 Å². The highest BCUT2D eigenvalue weighted by molar-refractivity contribution is 4.97. The fourth-order valence-electron chi connectivity index (χ4n) is 1.86. The van der Waals surface area contributed by atoms with Crippen LogP contribution in [0.4, 0.5) is 0 Å². The molecule has 2 fully saturated rings. The summed E-state index contributed by atoms with van der Waals surface area (Å²) < 4.78 is 16.1. The van der Waals surface area contributed by atoms with E-state index in [0.29, 0.717) is 0 Å². The molecule has 0 spiro atoms. The molecule has 2 heterocycles. The van der Waals surface area contributed by atoms with Crippen LogP contribution in [0.1, 0.15) is 13.8 Å². The molecule has 76 valence electrons. The van der Waals surface area contributed by atoms with E-state index < -0.39 is 23.8 Å². The quantitative estimate of drug-likeness (QED) is 0.567. The predicted molar refractivity (Wildman–Crippen MR) is 41.8 cm³/mol. The first-order valence-corrected chi connectivity index (χ1v) is 4.30. The second-order valence-corrected chi connectivity index (χ2v) is 3.89. The molecule has 2 N–H and O–H groups in total. The molecule has 0 aromatic heterocycles. The summed E-state index contributed by atoms with van der Waals surface area (Å²) in [4.78, 5) is 0. The lowest BCUT2D eigenvalue weighted by molar-refractivity contribution is -0.259. The van der Waals surface area contributed by atoms with Crippen LogP contribution in [0.25, 0.3) is 0 Å². The van der Waals surface area contributed by atoms with Gasteiger partial charge in [-0.05, 0) is 13.8 Å². The van der Waals surface area contributed by atoms with Gasteiger partial charge in [-0.2, -0.15) is 0 Å². The molecule has 5 nitrogen and oxygen atoms in total. The number of fused-ring (bicyclic) bond motifs is 1. The lowest BCUT2D eigenvalue weighted by atomic mass is 10.1. The van der Waals surface area contributed by atoms with Gasteiger partial charge in [-0.3, -0.25) is 0 Å². The predicted octanol–water partition coefficient (Wildman–Crippen LogP) is -0.782. The van der Waals surface area contributed by atoms with Crippen molar-refractivity contribution >= 4 is 0 Å². The van der Waals surface area contributed by atoms with E-state index in [4.69, 9.17) is 19.3 Å². The minimum Gasteiger partial charge on any atom is -0.391 e. The minimum absolute atomic E-state index is 0.140. The standard InChI is InChI=1S/C8H14O5/c1-7(2)12-6-5(10)3-11-8(6,4-9)13-7/h5-6,9-10H,3-4H2,1-2H3/t5-,6+,8+/m0/s1. The average Bonchev–Trinajstić information content (AvgIpc) is 2.47. The maximum Gasteiger partial charge on any atom is 0.224 e. The Kier molecular flexibility index (Phi) is 1.91. The van der Waals surface area contributed by atoms with Gasteiger partial charge in [0, 0.05) is 0 Å². The molecule has 13 heavy (non-hydrogen) atoms. The van der Waals surface area contributed by atoms with E-state index >= 15 is 0 Å². The van der Waals surface area contributed by atoms with Crippen LogP contribution in [0.15, 0.2) is 0 Å². The van der Waals surface area contributed by atoms with Gasteiger partial charge in [0.2, 0.25) is 5.79 Å². The van der Waals surface area contributed by atoms with Crippen LogP contribution >= 0.6 is 0 Å². The monoisotopic (exact) mass is 190 g/mol. The summed E-state index contributed by atoms with van der Waals surface area (Å²) in [7, 11) is 0. The van der Waals surface area contributed by atoms with Crippen LogP contribution < -0.4 is 0 Å². The normalized spacial score (nSPS) is 48.0. The molecule has 3 atom stereocenters. The molecule has 0 amide bonds. The number of aliphatic hydroxyl groups is 2. The van der Waals surface area contributed by atoms with Crippen molar-refractivity contribution in [2.45, 2.75) is 37.6 Å². The van der Waals surface area contributed by atoms with Crippen molar-refractivity contribution < 1.29 is 24.4 Å². The van der Waals surface area contributed by atoms with Crippen LogP contribution in [-0.4, -0.2) is 47.2 Å². The van der Waals surface area contributed by atoms with Crippen molar-refractivity contribution in [3.05, 3.63) is 0 Å². The first-order chi connectivity index (χ1) is 5.99. The van der Waals surface area contributed by atoms with E-state index in [-0.39, 0.29) is 13.2 Å². The molecule has 2 rings (SSSR count). The molecule has 0 aromatic carbocycles. The van der Waals surface area contributed by atoms with E-state index in [0.717, 1.165) is 0 Å². The third kappa shape index (κ3) is 1.28. The minimum atomic E-state index is -1.16. The van der Waals surface area contributed by atoms with Crippen LogP contribution in [-0.2, 0) is 14.2 Å². The molecule has 0 unspecified atom stereocenters. The van der Waals surface area contributed by atoms with Gasteiger partial charge in [0.1, 0.15) is 18.8 Å². The molecule has 0 saturated carbocycles. The summed E-state index contributed by atoms with van der Waals surface area (Å²) in [6.07, 6.45) is -1.32. The Morgan fingerprint density at radius 2 is 2.15 bits per heavy atom. The Labute approximate surface area is 76.2 Å². The maximum absolute atomic E-state index is 9.49. The number of hydrogen-bond donors (Lipinski definition) is 2. The Morgan fingerprint density at radius 1 is 1.46 bits per heavy atom. The topological polar surface area (TPSA) is 68.2 Å². The lowest BCUT2D eigenvalue weighted by Crippen LogP contribution is -2.43. The molecule has 2 aliphatic rings. The highest BCUT2D eigenvalue weighted by atomic mass is 16.9. The number of aliphatic hydroxyl groups excluding tert-OH is 2. The molecule has 0 radical (unpaired) electrons. The SMILES string of the molecule is CC1(C)O[C@@H]2[C@@H](O)CO[C@]2(CO)O1. The lowest BCUT2D eigenvalue weighted by Gasteiger charge is -2.24. The Morgan fingerprint density at radius 3 is 2.69 bits per heavy atom. The fourth-order valence-corrected chi connectivity index (χ4v) is 1.86. The smallest absolute Gasteiger partial charge is 0.224 e. The zero-order valence-corrected chi connectivity index (χ0v) is 7.69. The van der Waals surface area contributed by atoms with Crippen LogP contribution in [0.3, 0.4) is 0 Å². The van der Waals surface area contributed by atoms with Crippen molar-refractivity contribution in [1.29, 1.82) is 0 Å². The van der Waals surface area contributed by atoms with Gasteiger partial charge in [-0.15, -0.1) is 0 Å². The van der Waals surface area contributed by atoms with Gasteiger partial charge >= 0.3 is 0 Å². The fraction of sp³-hybridized carbons (Fsp3) is 1.00. The highest BCUT2D eigenvalue weighted by Crippen LogP contribution is 2.42. The van der Waals surface area contributed by atoms with Gasteiger partial charge in [-0.1, -0.05) is 0 Å². The Balaban J connectivity index is 2.24. The first kappa shape index (κ1) is 9.36. The Hall–Kier alpha value is -0.200. The molecule has 0 aromatic rings. The summed E-state index contributed by atoms with van der Waals surface area (Å²) in [5.41, 5.74) is 0. The molecule has 5 heteroatoms. The number of ether oxygens (including phenoxy) is 3. The van der Waals surface area contributed by atoms with Gasteiger partial charge in [0.25, 0.3) is 0 Å². The Bertz CT molecular complexity index is 217. The highest BCUT2D eigenvalue weighted by Gasteiger charge is 2.61. The zero-order chi connectivity index (χ0) is 9.69. The van der Waals surface area contributed by atoms with Crippen molar-refractivity contribution in [2.75, 3.05) is 13.2 Å². The summed E-state index contributed by atoms with van der Waals surface area (Å²) in [5, 5.41) is 18.6. The van der Waals surface area contributed by atoms with Crippen LogP contribution in [0, 0.1) is 0 Å². The third-order valence-electron chi connectivity index (χ3n) is 2.33. The zero-order valence-electron chi connectivity index (χ0n) is 7.69. The van der Waals surface area contributed by atoms with E-state index in [1.807, 2.05) is 0 Å². The van der Waals surface area contributed by atoms with E-state index in [2.05, 4.69) is 0 Å². The molecule has 0 bridgehead atoms. The van der Waals surface area contributed by atoms with E-state index in [1.165, 1.54) is 0 Å². The summed E-state index contributed by atoms with van der Waals surface area (Å²) in [5.74, 6) is -1.97. The number of rotatable bonds is 1. The van der Waals surface area contributed by atoms with Crippen molar-refractivity contribution in [1.82, 2.24) is 0 Å². The third-order valence-corrected chi connectivity index (χ3v) is 2.33. The van der Waals surface area contributed by atoms with E-state index in [9.17, 15) is 5.11 Å². The largest absolute Gasteiger partial charge is 0.391 e. The summed E-state index contributed by atoms with van der Waals surface area (Å²) in [6.45, 7) is 3.27. The summed E-state index contributed by atoms with van der Waals surface area (Å²) >= 11 is 0. The maximum atomic E-state index is 9.49. The van der Waals surface area contributed by atoms with Crippen molar-refractivity contribution in [3.8, 4) is 0 Å². The average molecular weight is 190 g/mol.